The topological polar surface area (TPSA) is 67.3 Å². The summed E-state index contributed by atoms with van der Waals surface area (Å²) in [6, 6.07) is 10.2. The highest BCUT2D eigenvalue weighted by Crippen LogP contribution is 2.42. The summed E-state index contributed by atoms with van der Waals surface area (Å²) in [4.78, 5) is 21.0. The molecule has 4 rings (SSSR count). The second-order valence-electron chi connectivity index (χ2n) is 9.76. The molecule has 5 nitrogen and oxygen atoms in total. The SMILES string of the molecule is CCS(=O)(=O)c1ccc(CC(=O)Cc2nc3c(s2)CN(Cc2ccc(C(F)(F)F)c(Cl)c2)[C@@H]3C(C)C)cc1. The largest absolute Gasteiger partial charge is 0.417 e. The Hall–Kier alpha value is -2.27. The van der Waals surface area contributed by atoms with Gasteiger partial charge in [-0.1, -0.05) is 50.6 Å². The molecule has 0 radical (unpaired) electrons. The van der Waals surface area contributed by atoms with Crippen LogP contribution in [0.25, 0.3) is 0 Å². The van der Waals surface area contributed by atoms with Gasteiger partial charge < -0.3 is 0 Å². The smallest absolute Gasteiger partial charge is 0.299 e. The molecule has 0 saturated heterocycles. The number of hydrogen-bond donors (Lipinski definition) is 0. The van der Waals surface area contributed by atoms with Crippen LogP contribution < -0.4 is 0 Å². The Labute approximate surface area is 229 Å². The fourth-order valence-corrected chi connectivity index (χ4v) is 7.10. The van der Waals surface area contributed by atoms with E-state index in [1.54, 1.807) is 19.1 Å². The van der Waals surface area contributed by atoms with Gasteiger partial charge in [0.2, 0.25) is 0 Å². The van der Waals surface area contributed by atoms with E-state index in [1.807, 2.05) is 0 Å². The summed E-state index contributed by atoms with van der Waals surface area (Å²) in [6.07, 6.45) is -4.12. The number of halogens is 4. The van der Waals surface area contributed by atoms with Crippen molar-refractivity contribution in [2.24, 2.45) is 5.92 Å². The van der Waals surface area contributed by atoms with Crippen LogP contribution in [-0.4, -0.2) is 29.8 Å². The van der Waals surface area contributed by atoms with Crippen LogP contribution in [0, 0.1) is 5.92 Å². The molecule has 11 heteroatoms. The molecular formula is C27H28ClF3N2O3S2. The zero-order valence-corrected chi connectivity index (χ0v) is 23.6. The highest BCUT2D eigenvalue weighted by molar-refractivity contribution is 7.91. The van der Waals surface area contributed by atoms with Crippen LogP contribution in [0.3, 0.4) is 0 Å². The Morgan fingerprint density at radius 2 is 1.79 bits per heavy atom. The van der Waals surface area contributed by atoms with Gasteiger partial charge in [-0.15, -0.1) is 11.3 Å². The van der Waals surface area contributed by atoms with E-state index in [1.165, 1.54) is 35.6 Å². The summed E-state index contributed by atoms with van der Waals surface area (Å²) < 4.78 is 63.2. The summed E-state index contributed by atoms with van der Waals surface area (Å²) in [7, 11) is -3.29. The van der Waals surface area contributed by atoms with Gasteiger partial charge in [0.15, 0.2) is 9.84 Å². The summed E-state index contributed by atoms with van der Waals surface area (Å²) in [5.74, 6) is 0.206. The number of benzene rings is 2. The molecule has 0 saturated carbocycles. The maximum absolute atomic E-state index is 13.1. The number of alkyl halides is 3. The van der Waals surface area contributed by atoms with Crippen molar-refractivity contribution in [3.63, 3.8) is 0 Å². The molecule has 0 bridgehead atoms. The fourth-order valence-electron chi connectivity index (χ4n) is 4.74. The Balaban J connectivity index is 1.43. The molecule has 0 aliphatic carbocycles. The molecule has 204 valence electrons. The van der Waals surface area contributed by atoms with Gasteiger partial charge in [-0.25, -0.2) is 13.4 Å². The molecule has 1 aliphatic heterocycles. The molecule has 0 amide bonds. The molecule has 38 heavy (non-hydrogen) atoms. The number of fused-ring (bicyclic) bond motifs is 1. The van der Waals surface area contributed by atoms with Crippen molar-refractivity contribution in [2.45, 2.75) is 63.8 Å². The van der Waals surface area contributed by atoms with E-state index in [0.29, 0.717) is 18.7 Å². The first kappa shape index (κ1) is 28.7. The molecule has 2 heterocycles. The van der Waals surface area contributed by atoms with Crippen molar-refractivity contribution in [3.05, 3.63) is 79.8 Å². The van der Waals surface area contributed by atoms with Gasteiger partial charge in [0.05, 0.1) is 39.4 Å². The van der Waals surface area contributed by atoms with Crippen LogP contribution in [0.15, 0.2) is 47.4 Å². The molecular weight excluding hydrogens is 557 g/mol. The van der Waals surface area contributed by atoms with Gasteiger partial charge in [0.1, 0.15) is 10.8 Å². The number of nitrogens with zero attached hydrogens (tertiary/aromatic N) is 2. The average molecular weight is 585 g/mol. The van der Waals surface area contributed by atoms with Crippen LogP contribution in [0.5, 0.6) is 0 Å². The molecule has 3 aromatic rings. The summed E-state index contributed by atoms with van der Waals surface area (Å²) >= 11 is 7.41. The lowest BCUT2D eigenvalue weighted by Gasteiger charge is -2.28. The molecule has 0 unspecified atom stereocenters. The maximum Gasteiger partial charge on any atom is 0.417 e. The van der Waals surface area contributed by atoms with Gasteiger partial charge in [0.25, 0.3) is 0 Å². The van der Waals surface area contributed by atoms with Gasteiger partial charge in [0, 0.05) is 24.4 Å². The normalized spacial score (nSPS) is 16.3. The van der Waals surface area contributed by atoms with Crippen molar-refractivity contribution in [3.8, 4) is 0 Å². The minimum absolute atomic E-state index is 0.0131. The zero-order chi connectivity index (χ0) is 27.8. The van der Waals surface area contributed by atoms with Crippen LogP contribution in [0.2, 0.25) is 5.02 Å². The number of hydrogen-bond acceptors (Lipinski definition) is 6. The third-order valence-electron chi connectivity index (χ3n) is 6.56. The minimum atomic E-state index is -4.50. The Morgan fingerprint density at radius 3 is 2.37 bits per heavy atom. The molecule has 1 atom stereocenters. The first-order valence-corrected chi connectivity index (χ1v) is 15.0. The standard InChI is InChI=1S/C27H28ClF3N2O3S2/c1-4-38(35,36)20-8-5-17(6-9-20)11-19(34)13-24-32-25-23(37-24)15-33(26(25)16(2)3)14-18-7-10-21(22(28)12-18)27(29,30)31/h5-10,12,16,26H,4,11,13-15H2,1-3H3/t26-/m1/s1. The molecule has 2 aromatic carbocycles. The first-order chi connectivity index (χ1) is 17.8. The Morgan fingerprint density at radius 1 is 1.13 bits per heavy atom. The fraction of sp³-hybridized carbons (Fsp3) is 0.407. The second kappa shape index (κ2) is 11.1. The van der Waals surface area contributed by atoms with Gasteiger partial charge in [-0.3, -0.25) is 9.69 Å². The van der Waals surface area contributed by atoms with Gasteiger partial charge >= 0.3 is 6.18 Å². The number of ketones is 1. The number of rotatable bonds is 9. The van der Waals surface area contributed by atoms with Crippen LogP contribution in [-0.2, 0) is 46.7 Å². The lowest BCUT2D eigenvalue weighted by Crippen LogP contribution is -2.26. The highest BCUT2D eigenvalue weighted by Gasteiger charge is 2.37. The Kier molecular flexibility index (Phi) is 8.37. The minimum Gasteiger partial charge on any atom is -0.299 e. The summed E-state index contributed by atoms with van der Waals surface area (Å²) in [5.41, 5.74) is 1.51. The molecule has 1 aliphatic rings. The number of aromatic nitrogens is 1. The third kappa shape index (κ3) is 6.30. The second-order valence-corrected chi connectivity index (χ2v) is 13.6. The van der Waals surface area contributed by atoms with Gasteiger partial charge in [-0.05, 0) is 41.3 Å². The molecule has 1 aromatic heterocycles. The van der Waals surface area contributed by atoms with Crippen molar-refractivity contribution in [1.29, 1.82) is 0 Å². The van der Waals surface area contributed by atoms with Gasteiger partial charge in [-0.2, -0.15) is 13.2 Å². The lowest BCUT2D eigenvalue weighted by atomic mass is 10.0. The molecule has 0 spiro atoms. The zero-order valence-electron chi connectivity index (χ0n) is 21.2. The number of thiazole rings is 1. The number of Topliss-reactive ketones (excluding diaryl/α,β-unsaturated/α-hetero) is 1. The quantitative estimate of drug-likeness (QED) is 0.281. The van der Waals surface area contributed by atoms with E-state index in [9.17, 15) is 26.4 Å². The van der Waals surface area contributed by atoms with Crippen LogP contribution in [0.4, 0.5) is 13.2 Å². The third-order valence-corrected chi connectivity index (χ3v) is 9.68. The van der Waals surface area contributed by atoms with E-state index in [-0.39, 0.29) is 46.3 Å². The predicted octanol–water partition coefficient (Wildman–Crippen LogP) is 6.68. The van der Waals surface area contributed by atoms with E-state index < -0.39 is 21.6 Å². The Bertz CT molecular complexity index is 1430. The predicted molar refractivity (Wildman–Crippen MR) is 142 cm³/mol. The molecule has 0 fully saturated rings. The number of sulfone groups is 1. The van der Waals surface area contributed by atoms with Crippen molar-refractivity contribution in [2.75, 3.05) is 5.75 Å². The van der Waals surface area contributed by atoms with Crippen LogP contribution in [0.1, 0.15) is 59.1 Å². The lowest BCUT2D eigenvalue weighted by molar-refractivity contribution is -0.137. The average Bonchev–Trinajstić information content (AvgIpc) is 3.34. The summed E-state index contributed by atoms with van der Waals surface area (Å²) in [6.45, 7) is 6.75. The molecule has 0 N–H and O–H groups in total. The van der Waals surface area contributed by atoms with E-state index in [4.69, 9.17) is 16.6 Å². The first-order valence-electron chi connectivity index (χ1n) is 12.2. The van der Waals surface area contributed by atoms with Crippen molar-refractivity contribution >= 4 is 38.6 Å². The number of carbonyl (C=O) groups is 1. The highest BCUT2D eigenvalue weighted by atomic mass is 35.5. The maximum atomic E-state index is 13.1. The van der Waals surface area contributed by atoms with Crippen molar-refractivity contribution in [1.82, 2.24) is 9.88 Å². The van der Waals surface area contributed by atoms with E-state index in [0.717, 1.165) is 27.2 Å². The van der Waals surface area contributed by atoms with Crippen LogP contribution >= 0.6 is 22.9 Å². The summed E-state index contributed by atoms with van der Waals surface area (Å²) in [5, 5.41) is 0.415. The monoisotopic (exact) mass is 584 g/mol. The van der Waals surface area contributed by atoms with Crippen molar-refractivity contribution < 1.29 is 26.4 Å². The van der Waals surface area contributed by atoms with E-state index >= 15 is 0 Å². The van der Waals surface area contributed by atoms with E-state index in [2.05, 4.69) is 18.7 Å². The number of carbonyl (C=O) groups excluding carboxylic acids is 1.